The fourth-order valence-corrected chi connectivity index (χ4v) is 5.97. The molecule has 55 heavy (non-hydrogen) atoms. The van der Waals surface area contributed by atoms with Gasteiger partial charge in [-0.3, -0.25) is 9.59 Å². The molecule has 0 aliphatic carbocycles. The van der Waals surface area contributed by atoms with Gasteiger partial charge in [0.2, 0.25) is 0 Å². The van der Waals surface area contributed by atoms with Gasteiger partial charge in [-0.05, 0) is 64.2 Å². The minimum atomic E-state index is -1.13. The van der Waals surface area contributed by atoms with E-state index < -0.39 is 18.1 Å². The molecular formula is C47H81NO7. The van der Waals surface area contributed by atoms with Crippen LogP contribution >= 0.6 is 0 Å². The van der Waals surface area contributed by atoms with Crippen LogP contribution in [-0.4, -0.2) is 75.5 Å². The predicted octanol–water partition coefficient (Wildman–Crippen LogP) is 10.5. The third-order valence-electron chi connectivity index (χ3n) is 9.41. The van der Waals surface area contributed by atoms with Crippen molar-refractivity contribution in [2.45, 2.75) is 180 Å². The van der Waals surface area contributed by atoms with E-state index in [1.807, 2.05) is 0 Å². The van der Waals surface area contributed by atoms with Crippen molar-refractivity contribution in [3.05, 3.63) is 60.8 Å². The molecule has 0 spiro atoms. The van der Waals surface area contributed by atoms with Crippen molar-refractivity contribution in [2.75, 3.05) is 41.0 Å². The predicted molar refractivity (Wildman–Crippen MR) is 226 cm³/mol. The van der Waals surface area contributed by atoms with Gasteiger partial charge in [0, 0.05) is 19.3 Å². The van der Waals surface area contributed by atoms with Gasteiger partial charge in [-0.1, -0.05) is 145 Å². The van der Waals surface area contributed by atoms with Gasteiger partial charge < -0.3 is 28.6 Å². The third-order valence-corrected chi connectivity index (χ3v) is 9.41. The third kappa shape index (κ3) is 36.4. The maximum Gasteiger partial charge on any atom is 0.306 e. The molecule has 0 saturated carbocycles. The zero-order valence-electron chi connectivity index (χ0n) is 35.8. The Morgan fingerprint density at radius 2 is 0.964 bits per heavy atom. The lowest BCUT2D eigenvalue weighted by atomic mass is 10.1. The van der Waals surface area contributed by atoms with Gasteiger partial charge in [-0.2, -0.15) is 0 Å². The molecule has 0 aliphatic rings. The number of carboxylic acids is 1. The van der Waals surface area contributed by atoms with Gasteiger partial charge in [-0.15, -0.1) is 0 Å². The van der Waals surface area contributed by atoms with Crippen LogP contribution in [0, 0.1) is 0 Å². The van der Waals surface area contributed by atoms with Crippen molar-refractivity contribution >= 4 is 17.9 Å². The molecule has 0 aromatic heterocycles. The fraction of sp³-hybridized carbons (Fsp3) is 0.723. The molecule has 0 aromatic rings. The number of carboxylic acid groups (broad SMARTS) is 1. The minimum Gasteiger partial charge on any atom is -0.544 e. The minimum absolute atomic E-state index is 0.0222. The number of allylic oxidation sites excluding steroid dienone is 10. The summed E-state index contributed by atoms with van der Waals surface area (Å²) >= 11 is 0. The largest absolute Gasteiger partial charge is 0.544 e. The average molecular weight is 772 g/mol. The molecule has 316 valence electrons. The number of carbonyl (C=O) groups is 3. The summed E-state index contributed by atoms with van der Waals surface area (Å²) < 4.78 is 17.1. The number of aliphatic carboxylic acids is 1. The standard InChI is InChI=1S/C47H81NO7/c1-6-8-10-12-14-16-18-19-20-21-22-23-24-25-26-27-28-30-32-34-36-38-46(50)55-43(41-53-40-39-44(47(51)52)48(3,4)5)42-54-45(49)37-35-33-31-29-17-15-13-11-9-7-2/h14,16,19-20,22-23,25-26,28,30,43-44H,6-13,15,17-18,21,24,27,29,31-42H2,1-5H3/b16-14+,20-19+,23-22+,26-25+,30-28+. The summed E-state index contributed by atoms with van der Waals surface area (Å²) in [5, 5.41) is 11.6. The molecule has 2 atom stereocenters. The lowest BCUT2D eigenvalue weighted by Crippen LogP contribution is -2.55. The van der Waals surface area contributed by atoms with Crippen molar-refractivity contribution in [1.82, 2.24) is 0 Å². The maximum absolute atomic E-state index is 12.7. The van der Waals surface area contributed by atoms with E-state index in [1.165, 1.54) is 70.6 Å². The Bertz CT molecular complexity index is 1090. The summed E-state index contributed by atoms with van der Waals surface area (Å²) in [6, 6.07) is -0.734. The summed E-state index contributed by atoms with van der Waals surface area (Å²) in [4.78, 5) is 36.7. The van der Waals surface area contributed by atoms with E-state index in [0.717, 1.165) is 57.8 Å². The molecule has 8 heteroatoms. The lowest BCUT2D eigenvalue weighted by Gasteiger charge is -2.34. The van der Waals surface area contributed by atoms with Crippen LogP contribution in [0.15, 0.2) is 60.8 Å². The van der Waals surface area contributed by atoms with Crippen LogP contribution in [0.4, 0.5) is 0 Å². The molecule has 0 aromatic carbocycles. The second kappa shape index (κ2) is 37.9. The van der Waals surface area contributed by atoms with Crippen LogP contribution < -0.4 is 5.11 Å². The van der Waals surface area contributed by atoms with E-state index in [-0.39, 0.29) is 49.1 Å². The average Bonchev–Trinajstić information content (AvgIpc) is 3.14. The van der Waals surface area contributed by atoms with Crippen molar-refractivity contribution < 1.29 is 38.2 Å². The molecule has 2 unspecified atom stereocenters. The van der Waals surface area contributed by atoms with E-state index in [4.69, 9.17) is 14.2 Å². The number of rotatable bonds is 38. The zero-order valence-corrected chi connectivity index (χ0v) is 35.8. The van der Waals surface area contributed by atoms with Gasteiger partial charge >= 0.3 is 11.9 Å². The number of esters is 2. The fourth-order valence-electron chi connectivity index (χ4n) is 5.97. The van der Waals surface area contributed by atoms with Crippen LogP contribution in [0.2, 0.25) is 0 Å². The summed E-state index contributed by atoms with van der Waals surface area (Å²) in [5.74, 6) is -1.80. The molecule has 0 rings (SSSR count). The first-order valence-corrected chi connectivity index (χ1v) is 21.8. The summed E-state index contributed by atoms with van der Waals surface area (Å²) in [7, 11) is 5.38. The highest BCUT2D eigenvalue weighted by Crippen LogP contribution is 2.13. The van der Waals surface area contributed by atoms with E-state index in [9.17, 15) is 19.5 Å². The molecule has 0 heterocycles. The molecule has 0 bridgehead atoms. The highest BCUT2D eigenvalue weighted by molar-refractivity contribution is 5.70. The van der Waals surface area contributed by atoms with Crippen LogP contribution in [0.3, 0.4) is 0 Å². The van der Waals surface area contributed by atoms with Gasteiger partial charge in [0.05, 0.1) is 40.3 Å². The number of ether oxygens (including phenoxy) is 3. The molecule has 0 amide bonds. The number of nitrogens with zero attached hydrogens (tertiary/aromatic N) is 1. The van der Waals surface area contributed by atoms with E-state index in [0.29, 0.717) is 12.8 Å². The molecule has 0 aliphatic heterocycles. The Morgan fingerprint density at radius 1 is 0.545 bits per heavy atom. The molecule has 0 fully saturated rings. The van der Waals surface area contributed by atoms with Crippen LogP contribution in [0.25, 0.3) is 0 Å². The number of hydrogen-bond donors (Lipinski definition) is 0. The van der Waals surface area contributed by atoms with E-state index in [2.05, 4.69) is 74.6 Å². The van der Waals surface area contributed by atoms with Gasteiger partial charge in [0.15, 0.2) is 6.10 Å². The molecule has 8 nitrogen and oxygen atoms in total. The highest BCUT2D eigenvalue weighted by Gasteiger charge is 2.25. The maximum atomic E-state index is 12.7. The Labute approximate surface area is 337 Å². The number of quaternary nitrogens is 1. The summed E-state index contributed by atoms with van der Waals surface area (Å²) in [6.07, 6.45) is 45.3. The molecule has 0 N–H and O–H groups in total. The first-order chi connectivity index (χ1) is 26.6. The van der Waals surface area contributed by atoms with Gasteiger partial charge in [0.25, 0.3) is 0 Å². The van der Waals surface area contributed by atoms with Crippen LogP contribution in [0.5, 0.6) is 0 Å². The summed E-state index contributed by atoms with van der Waals surface area (Å²) in [6.45, 7) is 4.56. The van der Waals surface area contributed by atoms with Gasteiger partial charge in [0.1, 0.15) is 12.6 Å². The molecule has 0 saturated heterocycles. The Kier molecular flexibility index (Phi) is 35.9. The number of unbranched alkanes of at least 4 members (excludes halogenated alkanes) is 14. The van der Waals surface area contributed by atoms with Gasteiger partial charge in [-0.25, -0.2) is 0 Å². The molecular weight excluding hydrogens is 691 g/mol. The highest BCUT2D eigenvalue weighted by atomic mass is 16.6. The number of likely N-dealkylation sites (N-methyl/N-ethyl adjacent to an activating group) is 1. The first-order valence-electron chi connectivity index (χ1n) is 21.8. The van der Waals surface area contributed by atoms with Crippen molar-refractivity contribution in [3.63, 3.8) is 0 Å². The second-order valence-electron chi connectivity index (χ2n) is 15.6. The van der Waals surface area contributed by atoms with E-state index >= 15 is 0 Å². The van der Waals surface area contributed by atoms with Crippen LogP contribution in [0.1, 0.15) is 168 Å². The van der Waals surface area contributed by atoms with Crippen molar-refractivity contribution in [1.29, 1.82) is 0 Å². The Morgan fingerprint density at radius 3 is 1.45 bits per heavy atom. The first kappa shape index (κ1) is 52.0. The topological polar surface area (TPSA) is 102 Å². The SMILES string of the molecule is CCCCC/C=C/C/C=C/C/C=C/C/C=C/C/C=C/CCCCC(=O)OC(COCCC(C(=O)[O-])[N+](C)(C)C)COC(=O)CCCCCCCCCCCC. The smallest absolute Gasteiger partial charge is 0.306 e. The molecule has 0 radical (unpaired) electrons. The number of hydrogen-bond acceptors (Lipinski definition) is 7. The quantitative estimate of drug-likeness (QED) is 0.0266. The van der Waals surface area contributed by atoms with Crippen molar-refractivity contribution in [3.8, 4) is 0 Å². The normalized spacial score (nSPS) is 13.5. The number of carbonyl (C=O) groups excluding carboxylic acids is 3. The van der Waals surface area contributed by atoms with E-state index in [1.54, 1.807) is 21.1 Å². The Balaban J connectivity index is 4.42. The monoisotopic (exact) mass is 772 g/mol. The Hall–Kier alpha value is -2.97. The second-order valence-corrected chi connectivity index (χ2v) is 15.6. The summed E-state index contributed by atoms with van der Waals surface area (Å²) in [5.41, 5.74) is 0. The van der Waals surface area contributed by atoms with Crippen LogP contribution in [-0.2, 0) is 28.6 Å². The van der Waals surface area contributed by atoms with Crippen molar-refractivity contribution in [2.24, 2.45) is 0 Å². The zero-order chi connectivity index (χ0) is 40.7. The lowest BCUT2D eigenvalue weighted by molar-refractivity contribution is -0.889.